The number of rotatable bonds is 7. The van der Waals surface area contributed by atoms with E-state index in [0.717, 1.165) is 32.7 Å². The Morgan fingerprint density at radius 3 is 2.50 bits per heavy atom. The van der Waals surface area contributed by atoms with Crippen molar-refractivity contribution in [2.45, 2.75) is 32.1 Å². The molecule has 0 spiro atoms. The number of nitrogens with zero attached hydrogens (tertiary/aromatic N) is 2. The number of nitrogens with two attached hydrogens (primary N) is 1. The molecule has 1 fully saturated rings. The van der Waals surface area contributed by atoms with Gasteiger partial charge in [0.15, 0.2) is 5.96 Å². The molecule has 0 aromatic carbocycles. The maximum absolute atomic E-state index is 6.00. The minimum atomic E-state index is 0.652. The van der Waals surface area contributed by atoms with E-state index in [0.29, 0.717) is 19.2 Å². The molecule has 1 rings (SSSR count). The van der Waals surface area contributed by atoms with Crippen molar-refractivity contribution in [1.29, 1.82) is 0 Å². The predicted octanol–water partition coefficient (Wildman–Crippen LogP) is 1.23. The molecule has 0 aromatic rings. The molecule has 1 aliphatic heterocycles. The Hall–Kier alpha value is -0.810. The van der Waals surface area contributed by atoms with Crippen LogP contribution in [0.1, 0.15) is 32.1 Å². The largest absolute Gasteiger partial charge is 0.382 e. The molecule has 1 heterocycles. The number of methoxy groups -OCH3 is 1. The third-order valence-electron chi connectivity index (χ3n) is 3.08. The van der Waals surface area contributed by atoms with Crippen LogP contribution < -0.4 is 5.73 Å². The summed E-state index contributed by atoms with van der Waals surface area (Å²) in [6.45, 7) is 4.88. The minimum absolute atomic E-state index is 0.652. The molecule has 106 valence electrons. The minimum Gasteiger partial charge on any atom is -0.382 e. The summed E-state index contributed by atoms with van der Waals surface area (Å²) >= 11 is 0. The highest BCUT2D eigenvalue weighted by Crippen LogP contribution is 2.08. The number of aliphatic imine (C=N–C) groups is 1. The molecule has 5 heteroatoms. The Morgan fingerprint density at radius 1 is 1.11 bits per heavy atom. The Balaban J connectivity index is 2.08. The fourth-order valence-electron chi connectivity index (χ4n) is 2.00. The van der Waals surface area contributed by atoms with Crippen molar-refractivity contribution in [1.82, 2.24) is 4.90 Å². The van der Waals surface area contributed by atoms with Crippen molar-refractivity contribution >= 4 is 5.96 Å². The Kier molecular flexibility index (Phi) is 8.59. The SMILES string of the molecule is COCCOCCCN=C(N)N1CCCCCC1. The lowest BCUT2D eigenvalue weighted by Crippen LogP contribution is -2.38. The second-order valence-corrected chi connectivity index (χ2v) is 4.60. The van der Waals surface area contributed by atoms with Gasteiger partial charge >= 0.3 is 0 Å². The van der Waals surface area contributed by atoms with E-state index in [-0.39, 0.29) is 0 Å². The van der Waals surface area contributed by atoms with Crippen molar-refractivity contribution < 1.29 is 9.47 Å². The van der Waals surface area contributed by atoms with Gasteiger partial charge < -0.3 is 20.1 Å². The lowest BCUT2D eigenvalue weighted by Gasteiger charge is -2.21. The second kappa shape index (κ2) is 10.1. The zero-order chi connectivity index (χ0) is 13.1. The Morgan fingerprint density at radius 2 is 1.83 bits per heavy atom. The van der Waals surface area contributed by atoms with E-state index in [1.165, 1.54) is 25.7 Å². The van der Waals surface area contributed by atoms with Crippen molar-refractivity contribution in [3.05, 3.63) is 0 Å². The highest BCUT2D eigenvalue weighted by molar-refractivity contribution is 5.78. The van der Waals surface area contributed by atoms with Gasteiger partial charge in [-0.15, -0.1) is 0 Å². The molecule has 0 bridgehead atoms. The quantitative estimate of drug-likeness (QED) is 0.423. The summed E-state index contributed by atoms with van der Waals surface area (Å²) in [7, 11) is 1.68. The van der Waals surface area contributed by atoms with Crippen LogP contribution in [0.4, 0.5) is 0 Å². The second-order valence-electron chi connectivity index (χ2n) is 4.60. The zero-order valence-corrected chi connectivity index (χ0v) is 11.6. The van der Waals surface area contributed by atoms with Gasteiger partial charge in [-0.2, -0.15) is 0 Å². The third kappa shape index (κ3) is 6.81. The fraction of sp³-hybridized carbons (Fsp3) is 0.923. The molecule has 0 unspecified atom stereocenters. The summed E-state index contributed by atoms with van der Waals surface area (Å²) < 4.78 is 10.3. The smallest absolute Gasteiger partial charge is 0.191 e. The van der Waals surface area contributed by atoms with E-state index < -0.39 is 0 Å². The van der Waals surface area contributed by atoms with Gasteiger partial charge in [-0.05, 0) is 19.3 Å². The van der Waals surface area contributed by atoms with Crippen LogP contribution in [0.2, 0.25) is 0 Å². The average Bonchev–Trinajstić information content (AvgIpc) is 2.66. The van der Waals surface area contributed by atoms with Crippen LogP contribution >= 0.6 is 0 Å². The molecule has 0 amide bonds. The molecule has 0 aliphatic carbocycles. The van der Waals surface area contributed by atoms with Gasteiger partial charge in [0.25, 0.3) is 0 Å². The highest BCUT2D eigenvalue weighted by Gasteiger charge is 2.10. The molecule has 2 N–H and O–H groups in total. The standard InChI is InChI=1S/C13H27N3O2/c1-17-11-12-18-10-6-7-15-13(14)16-8-4-2-3-5-9-16/h2-12H2,1H3,(H2,14,15). The first-order valence-electron chi connectivity index (χ1n) is 6.96. The summed E-state index contributed by atoms with van der Waals surface area (Å²) in [6, 6.07) is 0. The van der Waals surface area contributed by atoms with Crippen LogP contribution in [-0.4, -0.2) is 57.4 Å². The van der Waals surface area contributed by atoms with Crippen LogP contribution in [0.15, 0.2) is 4.99 Å². The topological polar surface area (TPSA) is 60.1 Å². The summed E-state index contributed by atoms with van der Waals surface area (Å²) in [5, 5.41) is 0. The molecule has 0 aromatic heterocycles. The van der Waals surface area contributed by atoms with E-state index in [1.807, 2.05) is 0 Å². The van der Waals surface area contributed by atoms with Gasteiger partial charge in [0.1, 0.15) is 0 Å². The molecule has 0 saturated carbocycles. The van der Waals surface area contributed by atoms with Gasteiger partial charge in [-0.3, -0.25) is 4.99 Å². The summed E-state index contributed by atoms with van der Waals surface area (Å²) in [5.41, 5.74) is 6.00. The van der Waals surface area contributed by atoms with Crippen molar-refractivity contribution in [3.63, 3.8) is 0 Å². The average molecular weight is 257 g/mol. The van der Waals surface area contributed by atoms with E-state index in [2.05, 4.69) is 9.89 Å². The van der Waals surface area contributed by atoms with E-state index in [1.54, 1.807) is 7.11 Å². The maximum Gasteiger partial charge on any atom is 0.191 e. The van der Waals surface area contributed by atoms with Gasteiger partial charge in [-0.25, -0.2) is 0 Å². The first-order chi connectivity index (χ1) is 8.84. The van der Waals surface area contributed by atoms with E-state index >= 15 is 0 Å². The van der Waals surface area contributed by atoms with Gasteiger partial charge in [0, 0.05) is 33.4 Å². The molecular formula is C13H27N3O2. The molecule has 1 saturated heterocycles. The Bertz CT molecular complexity index is 226. The number of likely N-dealkylation sites (tertiary alicyclic amines) is 1. The highest BCUT2D eigenvalue weighted by atomic mass is 16.5. The van der Waals surface area contributed by atoms with Crippen LogP contribution in [-0.2, 0) is 9.47 Å². The normalized spacial score (nSPS) is 17.8. The van der Waals surface area contributed by atoms with Gasteiger partial charge in [0.05, 0.1) is 13.2 Å². The first kappa shape index (κ1) is 15.2. The maximum atomic E-state index is 6.00. The molecular weight excluding hydrogens is 230 g/mol. The summed E-state index contributed by atoms with van der Waals surface area (Å²) in [4.78, 5) is 6.62. The van der Waals surface area contributed by atoms with Gasteiger partial charge in [0.2, 0.25) is 0 Å². The van der Waals surface area contributed by atoms with Crippen LogP contribution in [0.5, 0.6) is 0 Å². The van der Waals surface area contributed by atoms with E-state index in [9.17, 15) is 0 Å². The monoisotopic (exact) mass is 257 g/mol. The van der Waals surface area contributed by atoms with Crippen molar-refractivity contribution in [2.24, 2.45) is 10.7 Å². The van der Waals surface area contributed by atoms with Crippen LogP contribution in [0.3, 0.4) is 0 Å². The Labute approximate surface area is 110 Å². The predicted molar refractivity (Wildman–Crippen MR) is 73.8 cm³/mol. The van der Waals surface area contributed by atoms with Crippen molar-refractivity contribution in [3.8, 4) is 0 Å². The first-order valence-corrected chi connectivity index (χ1v) is 6.96. The lowest BCUT2D eigenvalue weighted by molar-refractivity contribution is 0.0702. The van der Waals surface area contributed by atoms with E-state index in [4.69, 9.17) is 15.2 Å². The zero-order valence-electron chi connectivity index (χ0n) is 11.6. The molecule has 18 heavy (non-hydrogen) atoms. The molecule has 0 radical (unpaired) electrons. The number of hydrogen-bond donors (Lipinski definition) is 1. The lowest BCUT2D eigenvalue weighted by atomic mass is 10.2. The number of guanidine groups is 1. The van der Waals surface area contributed by atoms with Crippen LogP contribution in [0.25, 0.3) is 0 Å². The molecule has 5 nitrogen and oxygen atoms in total. The number of hydrogen-bond acceptors (Lipinski definition) is 3. The summed E-state index contributed by atoms with van der Waals surface area (Å²) in [5.74, 6) is 0.703. The third-order valence-corrected chi connectivity index (χ3v) is 3.08. The number of ether oxygens (including phenoxy) is 2. The summed E-state index contributed by atoms with van der Waals surface area (Å²) in [6.07, 6.45) is 6.01. The molecule has 0 atom stereocenters. The fourth-order valence-corrected chi connectivity index (χ4v) is 2.00. The molecule has 1 aliphatic rings. The van der Waals surface area contributed by atoms with Crippen LogP contribution in [0, 0.1) is 0 Å². The van der Waals surface area contributed by atoms with Crippen molar-refractivity contribution in [2.75, 3.05) is 46.6 Å². The van der Waals surface area contributed by atoms with Gasteiger partial charge in [-0.1, -0.05) is 12.8 Å².